The third-order valence-electron chi connectivity index (χ3n) is 6.74. The minimum absolute atomic E-state index is 0.0541. The lowest BCUT2D eigenvalue weighted by atomic mass is 9.93. The Morgan fingerprint density at radius 2 is 1.56 bits per heavy atom. The highest BCUT2D eigenvalue weighted by Gasteiger charge is 2.45. The second-order valence-electron chi connectivity index (χ2n) is 8.38. The van der Waals surface area contributed by atoms with Crippen LogP contribution in [0.4, 0.5) is 0 Å². The minimum Gasteiger partial charge on any atom is -0.748 e. The molecule has 2 aliphatic carbocycles. The van der Waals surface area contributed by atoms with Gasteiger partial charge in [-0.3, -0.25) is 5.04 Å². The fourth-order valence-electron chi connectivity index (χ4n) is 5.22. The van der Waals surface area contributed by atoms with Gasteiger partial charge in [-0.1, -0.05) is 23.5 Å². The Balaban J connectivity index is 1.47. The molecule has 0 spiro atoms. The third kappa shape index (κ3) is 5.21. The van der Waals surface area contributed by atoms with Crippen LogP contribution < -0.4 is 5.26 Å². The van der Waals surface area contributed by atoms with Crippen molar-refractivity contribution in [3.8, 4) is 0 Å². The van der Waals surface area contributed by atoms with Gasteiger partial charge in [0.1, 0.15) is 0 Å². The van der Waals surface area contributed by atoms with Crippen molar-refractivity contribution < 1.29 is 27.6 Å². The molecule has 2 aliphatic heterocycles. The van der Waals surface area contributed by atoms with Gasteiger partial charge in [0, 0.05) is 53.0 Å². The summed E-state index contributed by atoms with van der Waals surface area (Å²) in [5.74, 6) is 0. The zero-order valence-electron chi connectivity index (χ0n) is 18.0. The second kappa shape index (κ2) is 10.6. The highest BCUT2D eigenvalue weighted by Crippen LogP contribution is 2.44. The molecule has 0 aromatic carbocycles. The first-order chi connectivity index (χ1) is 15.4. The van der Waals surface area contributed by atoms with Crippen molar-refractivity contribution in [3.63, 3.8) is 0 Å². The average molecular weight is 525 g/mol. The Labute approximate surface area is 201 Å². The standard InChI is InChI=1S/C18H30N4O6S4/c1-3-21-13-7-5-11(31-28-27-23)9-15(13)29-17(21)19-20-18-22(4-2)14-8-6-12(32(24,25)26)10-16(14)30-18/h11-16,23H,3-10H2,1-2H3,(H,24,25,26)/p-2. The fraction of sp³-hybridized carbons (Fsp3) is 0.889. The van der Waals surface area contributed by atoms with Crippen molar-refractivity contribution in [2.75, 3.05) is 13.1 Å². The van der Waals surface area contributed by atoms with E-state index in [1.807, 2.05) is 0 Å². The van der Waals surface area contributed by atoms with Crippen molar-refractivity contribution in [2.45, 2.75) is 85.5 Å². The molecular formula is C18H28N4O6S4-2. The summed E-state index contributed by atoms with van der Waals surface area (Å²) in [7, 11) is -4.26. The number of nitrogens with zero attached hydrogens (tertiary/aromatic N) is 4. The van der Waals surface area contributed by atoms with E-state index in [1.165, 1.54) is 0 Å². The molecule has 4 aliphatic rings. The first-order valence-electron chi connectivity index (χ1n) is 10.9. The van der Waals surface area contributed by atoms with Crippen LogP contribution >= 0.6 is 35.6 Å². The van der Waals surface area contributed by atoms with E-state index in [1.54, 1.807) is 23.5 Å². The van der Waals surface area contributed by atoms with E-state index in [2.05, 4.69) is 43.2 Å². The van der Waals surface area contributed by atoms with Gasteiger partial charge < -0.3 is 19.6 Å². The van der Waals surface area contributed by atoms with Gasteiger partial charge in [0.05, 0.1) is 15.4 Å². The lowest BCUT2D eigenvalue weighted by molar-refractivity contribution is -0.777. The maximum Gasteiger partial charge on any atom is 0.186 e. The van der Waals surface area contributed by atoms with Gasteiger partial charge in [0.2, 0.25) is 0 Å². The van der Waals surface area contributed by atoms with E-state index in [0.717, 1.165) is 54.7 Å². The van der Waals surface area contributed by atoms with Crippen LogP contribution in [0, 0.1) is 0 Å². The Morgan fingerprint density at radius 1 is 1.00 bits per heavy atom. The highest BCUT2D eigenvalue weighted by atomic mass is 32.2. The lowest BCUT2D eigenvalue weighted by Crippen LogP contribution is -2.43. The Kier molecular flexibility index (Phi) is 8.23. The number of thioether (sulfide) groups is 2. The molecule has 182 valence electrons. The molecular weight excluding hydrogens is 496 g/mol. The number of hydrogen-bond donors (Lipinski definition) is 0. The number of rotatable bonds is 7. The number of amidine groups is 2. The van der Waals surface area contributed by atoms with E-state index < -0.39 is 15.4 Å². The van der Waals surface area contributed by atoms with E-state index in [-0.39, 0.29) is 16.5 Å². The molecule has 0 aromatic rings. The van der Waals surface area contributed by atoms with Crippen LogP contribution in [-0.2, 0) is 19.5 Å². The monoisotopic (exact) mass is 524 g/mol. The summed E-state index contributed by atoms with van der Waals surface area (Å²) in [5, 5.41) is 24.4. The molecule has 2 saturated carbocycles. The van der Waals surface area contributed by atoms with Crippen LogP contribution in [0.2, 0.25) is 0 Å². The Morgan fingerprint density at radius 3 is 2.09 bits per heavy atom. The van der Waals surface area contributed by atoms with Crippen LogP contribution in [0.5, 0.6) is 0 Å². The second-order valence-corrected chi connectivity index (χ2v) is 13.4. The molecule has 0 amide bonds. The predicted molar refractivity (Wildman–Crippen MR) is 125 cm³/mol. The molecule has 2 heterocycles. The predicted octanol–water partition coefficient (Wildman–Crippen LogP) is 1.75. The zero-order valence-corrected chi connectivity index (χ0v) is 21.3. The van der Waals surface area contributed by atoms with Gasteiger partial charge in [0.25, 0.3) is 0 Å². The minimum atomic E-state index is -4.26. The quantitative estimate of drug-likeness (QED) is 0.209. The van der Waals surface area contributed by atoms with Crippen molar-refractivity contribution in [1.82, 2.24) is 9.80 Å². The van der Waals surface area contributed by atoms with E-state index in [9.17, 15) is 18.2 Å². The molecule has 32 heavy (non-hydrogen) atoms. The summed E-state index contributed by atoms with van der Waals surface area (Å²) in [6.07, 6.45) is 4.31. The molecule has 0 radical (unpaired) electrons. The van der Waals surface area contributed by atoms with Crippen LogP contribution in [0.25, 0.3) is 0 Å². The van der Waals surface area contributed by atoms with Gasteiger partial charge in [-0.2, -0.15) is 4.33 Å². The molecule has 2 saturated heterocycles. The average Bonchev–Trinajstić information content (AvgIpc) is 3.31. The summed E-state index contributed by atoms with van der Waals surface area (Å²) in [4.78, 5) is 4.50. The van der Waals surface area contributed by atoms with Crippen molar-refractivity contribution in [2.24, 2.45) is 10.2 Å². The molecule has 10 nitrogen and oxygen atoms in total. The Hall–Kier alpha value is -0.220. The highest BCUT2D eigenvalue weighted by molar-refractivity contribution is 8.15. The number of fused-ring (bicyclic) bond motifs is 2. The summed E-state index contributed by atoms with van der Waals surface area (Å²) >= 11 is 4.36. The maximum absolute atomic E-state index is 11.5. The van der Waals surface area contributed by atoms with Gasteiger partial charge in [0.15, 0.2) is 10.3 Å². The largest absolute Gasteiger partial charge is 0.748 e. The molecule has 14 heteroatoms. The van der Waals surface area contributed by atoms with Crippen LogP contribution in [-0.4, -0.2) is 79.3 Å². The molecule has 0 bridgehead atoms. The Bertz CT molecular complexity index is 843. The van der Waals surface area contributed by atoms with Gasteiger partial charge in [-0.05, 0) is 52.4 Å². The van der Waals surface area contributed by atoms with Crippen molar-refractivity contribution in [3.05, 3.63) is 0 Å². The lowest BCUT2D eigenvalue weighted by Gasteiger charge is -2.35. The fourth-order valence-corrected chi connectivity index (χ4v) is 10.0. The summed E-state index contributed by atoms with van der Waals surface area (Å²) in [6, 6.07) is 0.585. The molecule has 6 unspecified atom stereocenters. The van der Waals surface area contributed by atoms with E-state index in [4.69, 9.17) is 0 Å². The van der Waals surface area contributed by atoms with E-state index in [0.29, 0.717) is 30.6 Å². The molecule has 6 atom stereocenters. The number of hydrogen-bond acceptors (Lipinski definition) is 11. The smallest absolute Gasteiger partial charge is 0.186 e. The molecule has 0 aromatic heterocycles. The van der Waals surface area contributed by atoms with Gasteiger partial charge in [-0.15, -0.1) is 10.2 Å². The van der Waals surface area contributed by atoms with Gasteiger partial charge in [-0.25, -0.2) is 8.42 Å². The maximum atomic E-state index is 11.5. The van der Waals surface area contributed by atoms with Crippen LogP contribution in [0.15, 0.2) is 10.2 Å². The first kappa shape index (κ1) is 24.9. The van der Waals surface area contributed by atoms with Crippen LogP contribution in [0.3, 0.4) is 0 Å². The molecule has 0 N–H and O–H groups in total. The molecule has 4 rings (SSSR count). The summed E-state index contributed by atoms with van der Waals surface area (Å²) in [5.41, 5.74) is 0. The van der Waals surface area contributed by atoms with Gasteiger partial charge >= 0.3 is 0 Å². The van der Waals surface area contributed by atoms with Crippen molar-refractivity contribution in [1.29, 1.82) is 0 Å². The zero-order chi connectivity index (χ0) is 22.9. The third-order valence-corrected chi connectivity index (χ3v) is 11.5. The van der Waals surface area contributed by atoms with Crippen molar-refractivity contribution >= 4 is 56.0 Å². The summed E-state index contributed by atoms with van der Waals surface area (Å²) < 4.78 is 39.1. The SMILES string of the molecule is CCN1C(=NN=C2SC3CC(S(=O)(=O)[O-])CCC3N2CC)SC2CC(SOO[O-])CCC21. The first-order valence-corrected chi connectivity index (χ1v) is 15.0. The summed E-state index contributed by atoms with van der Waals surface area (Å²) in [6.45, 7) is 5.78. The van der Waals surface area contributed by atoms with E-state index >= 15 is 0 Å². The normalized spacial score (nSPS) is 37.9. The molecule has 4 fully saturated rings. The van der Waals surface area contributed by atoms with Crippen LogP contribution in [0.1, 0.15) is 52.4 Å². The topological polar surface area (TPSA) is 130 Å².